The second-order valence-electron chi connectivity index (χ2n) is 4.17. The predicted molar refractivity (Wildman–Crippen MR) is 80.2 cm³/mol. The molecule has 2 heterocycles. The molecule has 0 radical (unpaired) electrons. The first kappa shape index (κ1) is 14.3. The minimum Gasteiger partial charge on any atom is -0.481 e. The van der Waals surface area contributed by atoms with Crippen molar-refractivity contribution in [1.82, 2.24) is 10.3 Å². The molecule has 0 spiro atoms. The first-order valence-electron chi connectivity index (χ1n) is 6.20. The van der Waals surface area contributed by atoms with E-state index >= 15 is 0 Å². The molecule has 102 valence electrons. The zero-order valence-electron chi connectivity index (χ0n) is 11.0. The maximum Gasteiger partial charge on any atom is 0.212 e. The van der Waals surface area contributed by atoms with Crippen molar-refractivity contribution in [2.45, 2.75) is 19.4 Å². The van der Waals surface area contributed by atoms with E-state index in [4.69, 9.17) is 16.3 Å². The van der Waals surface area contributed by atoms with Crippen molar-refractivity contribution < 1.29 is 4.74 Å². The Labute approximate surface area is 122 Å². The van der Waals surface area contributed by atoms with Gasteiger partial charge < -0.3 is 10.1 Å². The van der Waals surface area contributed by atoms with Crippen LogP contribution in [0.3, 0.4) is 0 Å². The highest BCUT2D eigenvalue weighted by Gasteiger charge is 2.13. The van der Waals surface area contributed by atoms with Crippen LogP contribution in [0.25, 0.3) is 0 Å². The van der Waals surface area contributed by atoms with Crippen molar-refractivity contribution in [3.63, 3.8) is 0 Å². The molecule has 1 N–H and O–H groups in total. The summed E-state index contributed by atoms with van der Waals surface area (Å²) in [5.41, 5.74) is 1.18. The zero-order valence-corrected chi connectivity index (χ0v) is 12.6. The van der Waals surface area contributed by atoms with Gasteiger partial charge in [-0.3, -0.25) is 0 Å². The van der Waals surface area contributed by atoms with Crippen LogP contribution in [0.2, 0.25) is 4.34 Å². The van der Waals surface area contributed by atoms with Gasteiger partial charge in [-0.15, -0.1) is 11.3 Å². The second-order valence-corrected chi connectivity index (χ2v) is 5.91. The lowest BCUT2D eigenvalue weighted by atomic mass is 10.1. The number of likely N-dealkylation sites (N-methyl/N-ethyl adjacent to an activating group) is 1. The number of halogens is 1. The SMILES string of the molecule is CCNC(Cc1ccc(OC)nc1)c1ccc(Cl)s1. The molecule has 19 heavy (non-hydrogen) atoms. The fraction of sp³-hybridized carbons (Fsp3) is 0.357. The Morgan fingerprint density at radius 3 is 2.74 bits per heavy atom. The van der Waals surface area contributed by atoms with Gasteiger partial charge in [0.2, 0.25) is 5.88 Å². The molecule has 2 aromatic heterocycles. The van der Waals surface area contributed by atoms with Crippen LogP contribution < -0.4 is 10.1 Å². The van der Waals surface area contributed by atoms with E-state index in [1.54, 1.807) is 18.4 Å². The van der Waals surface area contributed by atoms with Gasteiger partial charge in [0.05, 0.1) is 11.4 Å². The van der Waals surface area contributed by atoms with E-state index in [2.05, 4.69) is 23.3 Å². The number of pyridine rings is 1. The van der Waals surface area contributed by atoms with Gasteiger partial charge in [-0.25, -0.2) is 4.98 Å². The number of nitrogens with one attached hydrogen (secondary N) is 1. The van der Waals surface area contributed by atoms with Crippen LogP contribution in [0.4, 0.5) is 0 Å². The normalized spacial score (nSPS) is 12.4. The lowest BCUT2D eigenvalue weighted by Crippen LogP contribution is -2.22. The Kier molecular flexibility index (Phi) is 5.19. The van der Waals surface area contributed by atoms with Crippen LogP contribution in [0.5, 0.6) is 5.88 Å². The molecule has 2 aromatic rings. The van der Waals surface area contributed by atoms with Crippen molar-refractivity contribution in [1.29, 1.82) is 0 Å². The van der Waals surface area contributed by atoms with Crippen molar-refractivity contribution in [2.75, 3.05) is 13.7 Å². The van der Waals surface area contributed by atoms with Crippen molar-refractivity contribution in [2.24, 2.45) is 0 Å². The highest BCUT2D eigenvalue weighted by atomic mass is 35.5. The molecule has 0 bridgehead atoms. The molecule has 0 fully saturated rings. The zero-order chi connectivity index (χ0) is 13.7. The molecule has 0 saturated heterocycles. The van der Waals surface area contributed by atoms with Gasteiger partial charge in [0.1, 0.15) is 0 Å². The van der Waals surface area contributed by atoms with E-state index in [0.29, 0.717) is 5.88 Å². The molecule has 0 aromatic carbocycles. The molecule has 0 aliphatic rings. The summed E-state index contributed by atoms with van der Waals surface area (Å²) >= 11 is 7.63. The smallest absolute Gasteiger partial charge is 0.212 e. The standard InChI is InChI=1S/C14H17ClN2OS/c1-3-16-11(12-5-6-13(15)19-12)8-10-4-7-14(18-2)17-9-10/h4-7,9,11,16H,3,8H2,1-2H3. The summed E-state index contributed by atoms with van der Waals surface area (Å²) in [7, 11) is 1.62. The second kappa shape index (κ2) is 6.89. The van der Waals surface area contributed by atoms with E-state index in [1.165, 1.54) is 10.4 Å². The summed E-state index contributed by atoms with van der Waals surface area (Å²) < 4.78 is 5.89. The lowest BCUT2D eigenvalue weighted by molar-refractivity contribution is 0.397. The number of hydrogen-bond acceptors (Lipinski definition) is 4. The summed E-state index contributed by atoms with van der Waals surface area (Å²) in [5.74, 6) is 0.642. The maximum absolute atomic E-state index is 6.01. The van der Waals surface area contributed by atoms with Crippen LogP contribution in [0.15, 0.2) is 30.5 Å². The van der Waals surface area contributed by atoms with Crippen molar-refractivity contribution in [3.05, 3.63) is 45.2 Å². The largest absolute Gasteiger partial charge is 0.481 e. The summed E-state index contributed by atoms with van der Waals surface area (Å²) in [6.07, 6.45) is 2.75. The highest BCUT2D eigenvalue weighted by Crippen LogP contribution is 2.29. The van der Waals surface area contributed by atoms with E-state index in [9.17, 15) is 0 Å². The molecular weight excluding hydrogens is 280 g/mol. The molecule has 3 nitrogen and oxygen atoms in total. The molecule has 1 atom stereocenters. The molecule has 0 aliphatic heterocycles. The van der Waals surface area contributed by atoms with Crippen molar-refractivity contribution in [3.8, 4) is 5.88 Å². The van der Waals surface area contributed by atoms with Crippen molar-refractivity contribution >= 4 is 22.9 Å². The third kappa shape index (κ3) is 3.93. The van der Waals surface area contributed by atoms with Gasteiger partial charge in [-0.2, -0.15) is 0 Å². The average molecular weight is 297 g/mol. The summed E-state index contributed by atoms with van der Waals surface area (Å²) in [4.78, 5) is 5.49. The molecule has 0 aliphatic carbocycles. The fourth-order valence-corrected chi connectivity index (χ4v) is 3.06. The average Bonchev–Trinajstić information content (AvgIpc) is 2.86. The van der Waals surface area contributed by atoms with E-state index in [1.807, 2.05) is 24.4 Å². The van der Waals surface area contributed by atoms with Gasteiger partial charge in [0.15, 0.2) is 0 Å². The number of aromatic nitrogens is 1. The predicted octanol–water partition coefficient (Wildman–Crippen LogP) is 3.70. The summed E-state index contributed by atoms with van der Waals surface area (Å²) in [6.45, 7) is 3.03. The van der Waals surface area contributed by atoms with E-state index in [0.717, 1.165) is 17.3 Å². The monoisotopic (exact) mass is 296 g/mol. The lowest BCUT2D eigenvalue weighted by Gasteiger charge is -2.16. The van der Waals surface area contributed by atoms with Gasteiger partial charge in [0, 0.05) is 23.2 Å². The molecular formula is C14H17ClN2OS. The molecule has 0 amide bonds. The molecule has 0 saturated carbocycles. The van der Waals surface area contributed by atoms with E-state index in [-0.39, 0.29) is 6.04 Å². The Hall–Kier alpha value is -1.10. The fourth-order valence-electron chi connectivity index (χ4n) is 1.92. The minimum absolute atomic E-state index is 0.276. The number of hydrogen-bond donors (Lipinski definition) is 1. The van der Waals surface area contributed by atoms with Crippen LogP contribution in [-0.2, 0) is 6.42 Å². The van der Waals surface area contributed by atoms with Gasteiger partial charge in [-0.05, 0) is 30.7 Å². The van der Waals surface area contributed by atoms with Gasteiger partial charge >= 0.3 is 0 Å². The number of thiophene rings is 1. The van der Waals surface area contributed by atoms with Crippen LogP contribution in [0.1, 0.15) is 23.4 Å². The Morgan fingerprint density at radius 2 is 2.21 bits per heavy atom. The maximum atomic E-state index is 6.01. The molecule has 1 unspecified atom stereocenters. The van der Waals surface area contributed by atoms with Crippen LogP contribution in [0, 0.1) is 0 Å². The van der Waals surface area contributed by atoms with Crippen LogP contribution in [-0.4, -0.2) is 18.6 Å². The topological polar surface area (TPSA) is 34.1 Å². The minimum atomic E-state index is 0.276. The van der Waals surface area contributed by atoms with Crippen LogP contribution >= 0.6 is 22.9 Å². The van der Waals surface area contributed by atoms with Gasteiger partial charge in [0.25, 0.3) is 0 Å². The third-order valence-electron chi connectivity index (χ3n) is 2.83. The van der Waals surface area contributed by atoms with E-state index < -0.39 is 0 Å². The van der Waals surface area contributed by atoms with Gasteiger partial charge in [-0.1, -0.05) is 24.6 Å². The summed E-state index contributed by atoms with van der Waals surface area (Å²) in [6, 6.07) is 8.23. The number of nitrogens with zero attached hydrogens (tertiary/aromatic N) is 1. The first-order valence-corrected chi connectivity index (χ1v) is 7.40. The quantitative estimate of drug-likeness (QED) is 0.882. The number of methoxy groups -OCH3 is 1. The summed E-state index contributed by atoms with van der Waals surface area (Å²) in [5, 5.41) is 3.48. The first-order chi connectivity index (χ1) is 9.22. The Bertz CT molecular complexity index is 512. The molecule has 5 heteroatoms. The third-order valence-corrected chi connectivity index (χ3v) is 4.18. The number of ether oxygens (including phenoxy) is 1. The molecule has 2 rings (SSSR count). The Balaban J connectivity index is 2.11. The number of rotatable bonds is 6. The highest BCUT2D eigenvalue weighted by molar-refractivity contribution is 7.16. The Morgan fingerprint density at radius 1 is 1.37 bits per heavy atom.